The number of hydrogen-bond acceptors (Lipinski definition) is 1. The van der Waals surface area contributed by atoms with Gasteiger partial charge in [-0.1, -0.05) is 0 Å². The van der Waals surface area contributed by atoms with Crippen LogP contribution in [0.4, 0.5) is 0 Å². The lowest BCUT2D eigenvalue weighted by Gasteiger charge is -1.89. The Morgan fingerprint density at radius 3 is 2.55 bits per heavy atom. The molecule has 0 spiro atoms. The molecule has 11 heavy (non-hydrogen) atoms. The standard InChI is InChI=1S/C9H7NO/c1-2-9(11-7-1)8-3-5-10-6-4-8/h1-7H/p+1. The minimum atomic E-state index is 0.902. The summed E-state index contributed by atoms with van der Waals surface area (Å²) in [6.45, 7) is 0. The Hall–Kier alpha value is -1.57. The first-order valence-electron chi connectivity index (χ1n) is 3.47. The van der Waals surface area contributed by atoms with Gasteiger partial charge in [0.05, 0.1) is 6.26 Å². The zero-order valence-corrected chi connectivity index (χ0v) is 5.95. The van der Waals surface area contributed by atoms with E-state index < -0.39 is 0 Å². The van der Waals surface area contributed by atoms with Crippen LogP contribution in [0.2, 0.25) is 0 Å². The van der Waals surface area contributed by atoms with Gasteiger partial charge in [0.1, 0.15) is 5.76 Å². The van der Waals surface area contributed by atoms with Crippen LogP contribution in [-0.2, 0) is 0 Å². The molecule has 2 aromatic rings. The van der Waals surface area contributed by atoms with E-state index in [1.807, 2.05) is 36.7 Å². The molecular weight excluding hydrogens is 138 g/mol. The average Bonchev–Trinajstić information content (AvgIpc) is 2.58. The van der Waals surface area contributed by atoms with Crippen molar-refractivity contribution in [1.29, 1.82) is 0 Å². The van der Waals surface area contributed by atoms with Crippen LogP contribution in [0.1, 0.15) is 0 Å². The van der Waals surface area contributed by atoms with Gasteiger partial charge in [-0.05, 0) is 12.1 Å². The molecule has 0 saturated heterocycles. The predicted molar refractivity (Wildman–Crippen MR) is 40.7 cm³/mol. The van der Waals surface area contributed by atoms with Crippen molar-refractivity contribution in [3.8, 4) is 11.3 Å². The summed E-state index contributed by atoms with van der Waals surface area (Å²) in [6.07, 6.45) is 5.42. The summed E-state index contributed by atoms with van der Waals surface area (Å²) in [6, 6.07) is 7.76. The maximum Gasteiger partial charge on any atom is 0.167 e. The Morgan fingerprint density at radius 1 is 1.09 bits per heavy atom. The fourth-order valence-corrected chi connectivity index (χ4v) is 0.994. The Bertz CT molecular complexity index is 313. The zero-order valence-electron chi connectivity index (χ0n) is 5.95. The molecule has 0 aromatic carbocycles. The van der Waals surface area contributed by atoms with E-state index in [1.165, 1.54) is 0 Å². The zero-order chi connectivity index (χ0) is 7.52. The van der Waals surface area contributed by atoms with Crippen molar-refractivity contribution in [3.63, 3.8) is 0 Å². The van der Waals surface area contributed by atoms with Crippen LogP contribution in [0.15, 0.2) is 47.3 Å². The van der Waals surface area contributed by atoms with Gasteiger partial charge in [0.25, 0.3) is 0 Å². The van der Waals surface area contributed by atoms with Crippen molar-refractivity contribution in [1.82, 2.24) is 0 Å². The third kappa shape index (κ3) is 1.15. The van der Waals surface area contributed by atoms with Gasteiger partial charge < -0.3 is 4.42 Å². The summed E-state index contributed by atoms with van der Waals surface area (Å²) in [5.41, 5.74) is 1.09. The van der Waals surface area contributed by atoms with Crippen LogP contribution in [0.25, 0.3) is 11.3 Å². The first-order valence-corrected chi connectivity index (χ1v) is 3.47. The average molecular weight is 146 g/mol. The summed E-state index contributed by atoms with van der Waals surface area (Å²) >= 11 is 0. The van der Waals surface area contributed by atoms with Crippen molar-refractivity contribution >= 4 is 0 Å². The number of aromatic amines is 1. The number of aromatic nitrogens is 1. The Balaban J connectivity index is 2.46. The first-order chi connectivity index (χ1) is 5.47. The minimum absolute atomic E-state index is 0.902. The summed E-state index contributed by atoms with van der Waals surface area (Å²) in [4.78, 5) is 2.95. The van der Waals surface area contributed by atoms with Gasteiger partial charge in [0.15, 0.2) is 12.4 Å². The predicted octanol–water partition coefficient (Wildman–Crippen LogP) is 1.76. The molecule has 1 N–H and O–H groups in total. The van der Waals surface area contributed by atoms with Gasteiger partial charge in [-0.25, -0.2) is 4.98 Å². The topological polar surface area (TPSA) is 27.3 Å². The van der Waals surface area contributed by atoms with Crippen molar-refractivity contribution in [2.75, 3.05) is 0 Å². The monoisotopic (exact) mass is 146 g/mol. The fraction of sp³-hybridized carbons (Fsp3) is 0. The number of pyridine rings is 1. The molecule has 0 amide bonds. The van der Waals surface area contributed by atoms with Gasteiger partial charge in [-0.3, -0.25) is 0 Å². The summed E-state index contributed by atoms with van der Waals surface area (Å²) < 4.78 is 5.21. The SMILES string of the molecule is c1coc(-c2cc[nH+]cc2)c1. The Labute approximate surface area is 64.5 Å². The highest BCUT2D eigenvalue weighted by atomic mass is 16.3. The molecule has 2 heterocycles. The van der Waals surface area contributed by atoms with Gasteiger partial charge in [-0.15, -0.1) is 0 Å². The van der Waals surface area contributed by atoms with E-state index in [4.69, 9.17) is 4.42 Å². The lowest BCUT2D eigenvalue weighted by molar-refractivity contribution is -0.377. The van der Waals surface area contributed by atoms with E-state index in [0.717, 1.165) is 11.3 Å². The molecule has 2 rings (SSSR count). The van der Waals surface area contributed by atoms with Crippen molar-refractivity contribution < 1.29 is 9.40 Å². The van der Waals surface area contributed by atoms with E-state index >= 15 is 0 Å². The maximum atomic E-state index is 5.21. The second kappa shape index (κ2) is 2.58. The number of furan rings is 1. The van der Waals surface area contributed by atoms with E-state index in [1.54, 1.807) is 6.26 Å². The van der Waals surface area contributed by atoms with Crippen molar-refractivity contribution in [3.05, 3.63) is 42.9 Å². The third-order valence-electron chi connectivity index (χ3n) is 1.52. The Kier molecular flexibility index (Phi) is 1.44. The molecule has 0 atom stereocenters. The van der Waals surface area contributed by atoms with Crippen LogP contribution in [0, 0.1) is 0 Å². The first kappa shape index (κ1) is 6.16. The molecule has 0 saturated carbocycles. The summed E-state index contributed by atoms with van der Waals surface area (Å²) in [5.74, 6) is 0.902. The van der Waals surface area contributed by atoms with Gasteiger partial charge in [0, 0.05) is 17.7 Å². The van der Waals surface area contributed by atoms with E-state index in [9.17, 15) is 0 Å². The quantitative estimate of drug-likeness (QED) is 0.602. The highest BCUT2D eigenvalue weighted by molar-refractivity contribution is 5.55. The molecule has 54 valence electrons. The molecule has 0 bridgehead atoms. The highest BCUT2D eigenvalue weighted by Gasteiger charge is 1.98. The maximum absolute atomic E-state index is 5.21. The smallest absolute Gasteiger partial charge is 0.167 e. The molecule has 0 radical (unpaired) electrons. The molecule has 2 nitrogen and oxygen atoms in total. The van der Waals surface area contributed by atoms with Gasteiger partial charge in [0.2, 0.25) is 0 Å². The molecule has 2 heteroatoms. The normalized spacial score (nSPS) is 9.82. The Morgan fingerprint density at radius 2 is 1.91 bits per heavy atom. The van der Waals surface area contributed by atoms with Crippen LogP contribution in [-0.4, -0.2) is 0 Å². The number of H-pyrrole nitrogens is 1. The van der Waals surface area contributed by atoms with Gasteiger partial charge in [-0.2, -0.15) is 0 Å². The van der Waals surface area contributed by atoms with Crippen LogP contribution in [0.3, 0.4) is 0 Å². The lowest BCUT2D eigenvalue weighted by Crippen LogP contribution is -1.96. The molecular formula is C9H8NO+. The highest BCUT2D eigenvalue weighted by Crippen LogP contribution is 2.16. The lowest BCUT2D eigenvalue weighted by atomic mass is 10.2. The van der Waals surface area contributed by atoms with Crippen LogP contribution >= 0.6 is 0 Å². The fourth-order valence-electron chi connectivity index (χ4n) is 0.994. The van der Waals surface area contributed by atoms with E-state index in [2.05, 4.69) is 4.98 Å². The summed E-state index contributed by atoms with van der Waals surface area (Å²) in [7, 11) is 0. The second-order valence-corrected chi connectivity index (χ2v) is 2.27. The van der Waals surface area contributed by atoms with Crippen molar-refractivity contribution in [2.45, 2.75) is 0 Å². The second-order valence-electron chi connectivity index (χ2n) is 2.27. The third-order valence-corrected chi connectivity index (χ3v) is 1.52. The minimum Gasteiger partial charge on any atom is -0.464 e. The van der Waals surface area contributed by atoms with Gasteiger partial charge >= 0.3 is 0 Å². The molecule has 0 aliphatic carbocycles. The number of rotatable bonds is 1. The molecule has 0 unspecified atom stereocenters. The molecule has 2 aromatic heterocycles. The summed E-state index contributed by atoms with van der Waals surface area (Å²) in [5, 5.41) is 0. The van der Waals surface area contributed by atoms with Crippen LogP contribution in [0.5, 0.6) is 0 Å². The molecule has 0 aliphatic heterocycles. The molecule has 0 fully saturated rings. The molecule has 0 aliphatic rings. The number of nitrogens with one attached hydrogen (secondary N) is 1. The van der Waals surface area contributed by atoms with E-state index in [-0.39, 0.29) is 0 Å². The largest absolute Gasteiger partial charge is 0.464 e. The van der Waals surface area contributed by atoms with E-state index in [0.29, 0.717) is 0 Å². The van der Waals surface area contributed by atoms with Crippen LogP contribution < -0.4 is 4.98 Å². The number of hydrogen-bond donors (Lipinski definition) is 0. The van der Waals surface area contributed by atoms with Crippen molar-refractivity contribution in [2.24, 2.45) is 0 Å².